The van der Waals surface area contributed by atoms with Crippen LogP contribution in [0.4, 0.5) is 0 Å². The molecule has 5 nitrogen and oxygen atoms in total. The van der Waals surface area contributed by atoms with Gasteiger partial charge < -0.3 is 10.1 Å². The van der Waals surface area contributed by atoms with E-state index in [4.69, 9.17) is 27.9 Å². The molecule has 1 heterocycles. The summed E-state index contributed by atoms with van der Waals surface area (Å²) < 4.78 is 7.54. The number of hydrogen-bond donors (Lipinski definition) is 1. The Morgan fingerprint density at radius 3 is 2.78 bits per heavy atom. The van der Waals surface area contributed by atoms with E-state index in [0.29, 0.717) is 27.9 Å². The minimum atomic E-state index is -0.151. The Labute approximate surface area is 167 Å². The van der Waals surface area contributed by atoms with Crippen molar-refractivity contribution in [3.63, 3.8) is 0 Å². The summed E-state index contributed by atoms with van der Waals surface area (Å²) in [5.41, 5.74) is 2.38. The van der Waals surface area contributed by atoms with Gasteiger partial charge in [-0.15, -0.1) is 0 Å². The third kappa shape index (κ3) is 5.02. The lowest BCUT2D eigenvalue weighted by Gasteiger charge is -2.10. The zero-order chi connectivity index (χ0) is 19.2. The maximum absolute atomic E-state index is 12.4. The van der Waals surface area contributed by atoms with Crippen LogP contribution in [0.5, 0.6) is 5.75 Å². The molecule has 0 aliphatic carbocycles. The van der Waals surface area contributed by atoms with E-state index in [9.17, 15) is 4.79 Å². The van der Waals surface area contributed by atoms with Gasteiger partial charge in [0.25, 0.3) is 5.91 Å². The smallest absolute Gasteiger partial charge is 0.251 e. The normalized spacial score (nSPS) is 10.6. The van der Waals surface area contributed by atoms with Crippen molar-refractivity contribution in [2.45, 2.75) is 26.6 Å². The number of aryl methyl sites for hydroxylation is 1. The van der Waals surface area contributed by atoms with E-state index in [1.54, 1.807) is 36.5 Å². The van der Waals surface area contributed by atoms with Crippen molar-refractivity contribution >= 4 is 29.1 Å². The molecule has 0 spiro atoms. The molecule has 1 aromatic heterocycles. The largest absolute Gasteiger partial charge is 0.487 e. The van der Waals surface area contributed by atoms with Gasteiger partial charge in [0, 0.05) is 30.4 Å². The van der Waals surface area contributed by atoms with E-state index >= 15 is 0 Å². The van der Waals surface area contributed by atoms with E-state index in [0.717, 1.165) is 17.7 Å². The standard InChI is InChI=1S/C20H19Cl2N3O2/c1-2-25-12-15(11-24-25)10-23-20(26)16-6-3-5-14(9-16)13-27-18-8-4-7-17(21)19(18)22/h3-9,11-12H,2,10,13H2,1H3,(H,23,26). The van der Waals surface area contributed by atoms with Gasteiger partial charge in [0.1, 0.15) is 17.4 Å². The maximum Gasteiger partial charge on any atom is 0.251 e. The second-order valence-corrected chi connectivity index (χ2v) is 6.71. The van der Waals surface area contributed by atoms with Gasteiger partial charge in [-0.3, -0.25) is 9.48 Å². The van der Waals surface area contributed by atoms with Gasteiger partial charge in [0.15, 0.2) is 0 Å². The van der Waals surface area contributed by atoms with Gasteiger partial charge >= 0.3 is 0 Å². The first-order valence-corrected chi connectivity index (χ1v) is 9.27. The number of nitrogens with one attached hydrogen (secondary N) is 1. The van der Waals surface area contributed by atoms with Crippen LogP contribution in [0.15, 0.2) is 54.9 Å². The van der Waals surface area contributed by atoms with Crippen LogP contribution in [0.1, 0.15) is 28.4 Å². The highest BCUT2D eigenvalue weighted by Gasteiger charge is 2.09. The molecule has 3 rings (SSSR count). The Bertz CT molecular complexity index is 940. The highest BCUT2D eigenvalue weighted by Crippen LogP contribution is 2.31. The van der Waals surface area contributed by atoms with Crippen molar-refractivity contribution in [3.05, 3.63) is 81.6 Å². The zero-order valence-electron chi connectivity index (χ0n) is 14.8. The third-order valence-electron chi connectivity index (χ3n) is 3.96. The highest BCUT2D eigenvalue weighted by atomic mass is 35.5. The lowest BCUT2D eigenvalue weighted by atomic mass is 10.1. The first-order chi connectivity index (χ1) is 13.1. The molecule has 0 bridgehead atoms. The molecule has 140 valence electrons. The van der Waals surface area contributed by atoms with Crippen LogP contribution in [0.2, 0.25) is 10.0 Å². The Hall–Kier alpha value is -2.50. The van der Waals surface area contributed by atoms with E-state index in [1.165, 1.54) is 0 Å². The fourth-order valence-electron chi connectivity index (χ4n) is 2.51. The molecule has 0 saturated carbocycles. The van der Waals surface area contributed by atoms with Crippen molar-refractivity contribution in [2.24, 2.45) is 0 Å². The number of nitrogens with zero attached hydrogens (tertiary/aromatic N) is 2. The van der Waals surface area contributed by atoms with Crippen LogP contribution in [0.3, 0.4) is 0 Å². The number of carbonyl (C=O) groups excluding carboxylic acids is 1. The molecule has 27 heavy (non-hydrogen) atoms. The summed E-state index contributed by atoms with van der Waals surface area (Å²) in [5.74, 6) is 0.355. The number of ether oxygens (including phenoxy) is 1. The van der Waals surface area contributed by atoms with Crippen LogP contribution in [0, 0.1) is 0 Å². The Kier molecular flexibility index (Phi) is 6.37. The predicted octanol–water partition coefficient (Wildman–Crippen LogP) is 4.72. The van der Waals surface area contributed by atoms with Crippen LogP contribution in [-0.4, -0.2) is 15.7 Å². The number of hydrogen-bond acceptors (Lipinski definition) is 3. The average molecular weight is 404 g/mol. The van der Waals surface area contributed by atoms with Gasteiger partial charge in [-0.1, -0.05) is 41.4 Å². The summed E-state index contributed by atoms with van der Waals surface area (Å²) in [5, 5.41) is 7.91. The fraction of sp³-hybridized carbons (Fsp3) is 0.200. The van der Waals surface area contributed by atoms with E-state index in [2.05, 4.69) is 10.4 Å². The molecule has 0 unspecified atom stereocenters. The molecule has 0 aliphatic heterocycles. The van der Waals surface area contributed by atoms with Crippen molar-refractivity contribution in [1.29, 1.82) is 0 Å². The fourth-order valence-corrected chi connectivity index (χ4v) is 2.86. The van der Waals surface area contributed by atoms with Crippen LogP contribution >= 0.6 is 23.2 Å². The monoisotopic (exact) mass is 403 g/mol. The van der Waals surface area contributed by atoms with E-state index < -0.39 is 0 Å². The summed E-state index contributed by atoms with van der Waals surface area (Å²) in [6, 6.07) is 12.5. The quantitative estimate of drug-likeness (QED) is 0.620. The van der Waals surface area contributed by atoms with E-state index in [1.807, 2.05) is 29.9 Å². The summed E-state index contributed by atoms with van der Waals surface area (Å²) >= 11 is 12.1. The molecule has 0 atom stereocenters. The van der Waals surface area contributed by atoms with Crippen LogP contribution < -0.4 is 10.1 Å². The van der Waals surface area contributed by atoms with Crippen molar-refractivity contribution < 1.29 is 9.53 Å². The Morgan fingerprint density at radius 2 is 2.00 bits per heavy atom. The third-order valence-corrected chi connectivity index (χ3v) is 4.77. The molecule has 2 aromatic carbocycles. The topological polar surface area (TPSA) is 56.2 Å². The number of amides is 1. The highest BCUT2D eigenvalue weighted by molar-refractivity contribution is 6.42. The molecule has 0 radical (unpaired) electrons. The lowest BCUT2D eigenvalue weighted by Crippen LogP contribution is -2.22. The molecular formula is C20H19Cl2N3O2. The maximum atomic E-state index is 12.4. The summed E-state index contributed by atoms with van der Waals surface area (Å²) in [6.45, 7) is 3.52. The molecule has 0 aliphatic rings. The molecule has 3 aromatic rings. The Balaban J connectivity index is 1.60. The van der Waals surface area contributed by atoms with Crippen molar-refractivity contribution in [3.8, 4) is 5.75 Å². The number of aromatic nitrogens is 2. The summed E-state index contributed by atoms with van der Waals surface area (Å²) in [4.78, 5) is 12.4. The molecular weight excluding hydrogens is 385 g/mol. The van der Waals surface area contributed by atoms with Gasteiger partial charge in [-0.05, 0) is 36.8 Å². The predicted molar refractivity (Wildman–Crippen MR) is 106 cm³/mol. The Morgan fingerprint density at radius 1 is 1.19 bits per heavy atom. The first kappa shape index (κ1) is 19.3. The number of rotatable bonds is 7. The van der Waals surface area contributed by atoms with Crippen LogP contribution in [-0.2, 0) is 19.7 Å². The minimum Gasteiger partial charge on any atom is -0.487 e. The van der Waals surface area contributed by atoms with Gasteiger partial charge in [-0.2, -0.15) is 5.10 Å². The molecule has 1 N–H and O–H groups in total. The number of carbonyl (C=O) groups is 1. The second kappa shape index (κ2) is 8.93. The summed E-state index contributed by atoms with van der Waals surface area (Å²) in [6.07, 6.45) is 3.67. The number of halogens is 2. The van der Waals surface area contributed by atoms with Gasteiger partial charge in [-0.25, -0.2) is 0 Å². The van der Waals surface area contributed by atoms with Gasteiger partial charge in [0.05, 0.1) is 11.2 Å². The van der Waals surface area contributed by atoms with Gasteiger partial charge in [0.2, 0.25) is 0 Å². The zero-order valence-corrected chi connectivity index (χ0v) is 16.3. The SMILES string of the molecule is CCn1cc(CNC(=O)c2cccc(COc3cccc(Cl)c3Cl)c2)cn1. The van der Waals surface area contributed by atoms with Crippen molar-refractivity contribution in [2.75, 3.05) is 0 Å². The molecule has 1 amide bonds. The molecule has 0 saturated heterocycles. The van der Waals surface area contributed by atoms with Crippen molar-refractivity contribution in [1.82, 2.24) is 15.1 Å². The molecule has 7 heteroatoms. The molecule has 0 fully saturated rings. The summed E-state index contributed by atoms with van der Waals surface area (Å²) in [7, 11) is 0. The second-order valence-electron chi connectivity index (χ2n) is 5.93. The van der Waals surface area contributed by atoms with Crippen LogP contribution in [0.25, 0.3) is 0 Å². The lowest BCUT2D eigenvalue weighted by molar-refractivity contribution is 0.0950. The first-order valence-electron chi connectivity index (χ1n) is 8.52. The average Bonchev–Trinajstić information content (AvgIpc) is 3.15. The van der Waals surface area contributed by atoms with E-state index in [-0.39, 0.29) is 12.5 Å². The minimum absolute atomic E-state index is 0.151. The number of benzene rings is 2.